The number of rotatable bonds is 11. The summed E-state index contributed by atoms with van der Waals surface area (Å²) in [6.45, 7) is 5.22. The predicted molar refractivity (Wildman–Crippen MR) is 182 cm³/mol. The SMILES string of the molecule is C=CCOC(=O)C1OC(OC(=O)C2(c3ccc(-c4ccc(-c5cnn(C)c5NC(=O)O[C@H](C)c5ccccc5)cc4)cc3)CC2)C(O)CC1O. The Morgan fingerprint density at radius 1 is 1.00 bits per heavy atom. The van der Waals surface area contributed by atoms with Gasteiger partial charge in [0.15, 0.2) is 6.10 Å². The highest BCUT2D eigenvalue weighted by Crippen LogP contribution is 2.50. The molecule has 4 unspecified atom stereocenters. The van der Waals surface area contributed by atoms with Gasteiger partial charge in [-0.1, -0.05) is 91.5 Å². The van der Waals surface area contributed by atoms with Gasteiger partial charge >= 0.3 is 18.0 Å². The molecule has 0 bridgehead atoms. The van der Waals surface area contributed by atoms with E-state index in [4.69, 9.17) is 18.9 Å². The van der Waals surface area contributed by atoms with Gasteiger partial charge < -0.3 is 29.2 Å². The summed E-state index contributed by atoms with van der Waals surface area (Å²) >= 11 is 0. The number of carbonyl (C=O) groups excluding carboxylic acids is 3. The standard InChI is InChI=1S/C38H39N3O9/c1-4-20-47-34(44)32-30(42)21-31(43)35(49-32)50-36(45)38(18-19-38)28-16-14-26(15-17-28)25-10-12-27(13-11-25)29-22-39-41(3)33(29)40-37(46)48-23(2)24-8-6-5-7-9-24/h4-17,22-23,30-32,35,42-43H,1,18-21H2,2-3H3,(H,40,46)/t23-,30?,31?,32?,35?/m1/s1. The van der Waals surface area contributed by atoms with E-state index in [1.54, 1.807) is 17.9 Å². The summed E-state index contributed by atoms with van der Waals surface area (Å²) in [7, 11) is 1.74. The molecule has 2 heterocycles. The van der Waals surface area contributed by atoms with Crippen molar-refractivity contribution in [1.82, 2.24) is 9.78 Å². The number of nitrogens with zero attached hydrogens (tertiary/aromatic N) is 2. The Kier molecular flexibility index (Phi) is 10.1. The third kappa shape index (κ3) is 7.32. The van der Waals surface area contributed by atoms with Crippen molar-refractivity contribution in [3.8, 4) is 22.3 Å². The molecule has 6 rings (SSSR count). The Morgan fingerprint density at radius 2 is 1.64 bits per heavy atom. The average Bonchev–Trinajstić information content (AvgIpc) is 3.87. The van der Waals surface area contributed by atoms with E-state index >= 15 is 0 Å². The average molecular weight is 682 g/mol. The molecule has 4 aromatic rings. The zero-order valence-corrected chi connectivity index (χ0v) is 27.7. The number of esters is 2. The number of benzene rings is 3. The summed E-state index contributed by atoms with van der Waals surface area (Å²) in [5, 5.41) is 27.8. The van der Waals surface area contributed by atoms with Gasteiger partial charge in [-0.15, -0.1) is 0 Å². The molecule has 1 aromatic heterocycles. The second-order valence-electron chi connectivity index (χ2n) is 12.5. The molecule has 2 fully saturated rings. The lowest BCUT2D eigenvalue weighted by molar-refractivity contribution is -0.260. The molecule has 0 spiro atoms. The molecule has 0 radical (unpaired) electrons. The molecule has 1 aliphatic heterocycles. The number of anilines is 1. The fraction of sp³-hybridized carbons (Fsp3) is 0.316. The zero-order chi connectivity index (χ0) is 35.4. The summed E-state index contributed by atoms with van der Waals surface area (Å²) in [5.41, 5.74) is 4.19. The molecule has 1 saturated heterocycles. The number of carbonyl (C=O) groups is 3. The molecular weight excluding hydrogens is 642 g/mol. The van der Waals surface area contributed by atoms with E-state index in [2.05, 4.69) is 17.0 Å². The zero-order valence-electron chi connectivity index (χ0n) is 27.7. The molecule has 2 aliphatic rings. The first kappa shape index (κ1) is 34.6. The summed E-state index contributed by atoms with van der Waals surface area (Å²) in [6.07, 6.45) is -2.52. The van der Waals surface area contributed by atoms with Crippen LogP contribution in [0.25, 0.3) is 22.3 Å². The molecule has 12 nitrogen and oxygen atoms in total. The molecule has 3 N–H and O–H groups in total. The minimum Gasteiger partial charge on any atom is -0.459 e. The quantitative estimate of drug-likeness (QED) is 0.109. The van der Waals surface area contributed by atoms with Crippen LogP contribution in [-0.4, -0.2) is 69.2 Å². The number of ether oxygens (including phenoxy) is 4. The van der Waals surface area contributed by atoms with Crippen LogP contribution in [0.5, 0.6) is 0 Å². The lowest BCUT2D eigenvalue weighted by Crippen LogP contribution is -2.53. The number of nitrogens with one attached hydrogen (secondary N) is 1. The molecule has 1 aliphatic carbocycles. The number of amides is 1. The van der Waals surface area contributed by atoms with Crippen LogP contribution in [0.3, 0.4) is 0 Å². The fourth-order valence-electron chi connectivity index (χ4n) is 6.00. The number of hydrogen-bond acceptors (Lipinski definition) is 10. The molecule has 50 heavy (non-hydrogen) atoms. The molecule has 1 amide bonds. The monoisotopic (exact) mass is 681 g/mol. The number of hydrogen-bond donors (Lipinski definition) is 3. The van der Waals surface area contributed by atoms with Crippen LogP contribution < -0.4 is 5.32 Å². The second kappa shape index (κ2) is 14.7. The van der Waals surface area contributed by atoms with Crippen molar-refractivity contribution in [3.63, 3.8) is 0 Å². The van der Waals surface area contributed by atoms with Crippen molar-refractivity contribution >= 4 is 23.8 Å². The van der Waals surface area contributed by atoms with Crippen molar-refractivity contribution in [3.05, 3.63) is 109 Å². The second-order valence-corrected chi connectivity index (χ2v) is 12.5. The Balaban J connectivity index is 1.10. The highest BCUT2D eigenvalue weighted by atomic mass is 16.7. The summed E-state index contributed by atoms with van der Waals surface area (Å²) in [6, 6.07) is 24.9. The van der Waals surface area contributed by atoms with E-state index in [9.17, 15) is 24.6 Å². The number of aryl methyl sites for hydroxylation is 1. The number of aliphatic hydroxyl groups is 2. The van der Waals surface area contributed by atoms with Crippen LogP contribution in [0.2, 0.25) is 0 Å². The van der Waals surface area contributed by atoms with Gasteiger partial charge in [0, 0.05) is 19.0 Å². The van der Waals surface area contributed by atoms with Crippen molar-refractivity contribution in [2.24, 2.45) is 7.05 Å². The van der Waals surface area contributed by atoms with Crippen LogP contribution in [0.4, 0.5) is 10.6 Å². The molecule has 5 atom stereocenters. The first-order valence-electron chi connectivity index (χ1n) is 16.4. The lowest BCUT2D eigenvalue weighted by Gasteiger charge is -2.35. The number of aliphatic hydroxyl groups excluding tert-OH is 2. The maximum Gasteiger partial charge on any atom is 0.413 e. The first-order valence-corrected chi connectivity index (χ1v) is 16.4. The minimum absolute atomic E-state index is 0.0715. The normalized spacial score (nSPS) is 21.4. The van der Waals surface area contributed by atoms with Gasteiger partial charge in [-0.05, 0) is 47.6 Å². The Morgan fingerprint density at radius 3 is 2.28 bits per heavy atom. The Hall–Kier alpha value is -5.30. The lowest BCUT2D eigenvalue weighted by atomic mass is 9.93. The van der Waals surface area contributed by atoms with Gasteiger partial charge in [0.25, 0.3) is 0 Å². The van der Waals surface area contributed by atoms with E-state index in [0.29, 0.717) is 18.7 Å². The Labute approximate surface area is 289 Å². The van der Waals surface area contributed by atoms with Gasteiger partial charge in [-0.25, -0.2) is 9.59 Å². The van der Waals surface area contributed by atoms with Gasteiger partial charge in [-0.3, -0.25) is 14.8 Å². The summed E-state index contributed by atoms with van der Waals surface area (Å²) in [5.74, 6) is -0.909. The van der Waals surface area contributed by atoms with Gasteiger partial charge in [0.05, 0.1) is 17.7 Å². The highest BCUT2D eigenvalue weighted by molar-refractivity contribution is 5.90. The van der Waals surface area contributed by atoms with E-state index < -0.39 is 54.2 Å². The minimum atomic E-state index is -1.43. The smallest absolute Gasteiger partial charge is 0.413 e. The summed E-state index contributed by atoms with van der Waals surface area (Å²) in [4.78, 5) is 38.4. The van der Waals surface area contributed by atoms with Crippen LogP contribution in [0.1, 0.15) is 43.4 Å². The third-order valence-corrected chi connectivity index (χ3v) is 9.05. The van der Waals surface area contributed by atoms with Crippen LogP contribution in [0, 0.1) is 0 Å². The Bertz CT molecular complexity index is 1840. The maximum atomic E-state index is 13.4. The first-order chi connectivity index (χ1) is 24.1. The fourth-order valence-corrected chi connectivity index (χ4v) is 6.00. The van der Waals surface area contributed by atoms with Crippen LogP contribution in [-0.2, 0) is 41.0 Å². The number of aromatic nitrogens is 2. The largest absolute Gasteiger partial charge is 0.459 e. The molecular formula is C38H39N3O9. The van der Waals surface area contributed by atoms with Gasteiger partial charge in [-0.2, -0.15) is 5.10 Å². The van der Waals surface area contributed by atoms with Crippen molar-refractivity contribution in [2.45, 2.75) is 62.3 Å². The molecule has 12 heteroatoms. The summed E-state index contributed by atoms with van der Waals surface area (Å²) < 4.78 is 23.2. The maximum absolute atomic E-state index is 13.4. The molecule has 1 saturated carbocycles. The predicted octanol–water partition coefficient (Wildman–Crippen LogP) is 5.20. The highest BCUT2D eigenvalue weighted by Gasteiger charge is 2.54. The molecule has 3 aromatic carbocycles. The van der Waals surface area contributed by atoms with Crippen LogP contribution in [0.15, 0.2) is 97.7 Å². The van der Waals surface area contributed by atoms with Crippen molar-refractivity contribution in [1.29, 1.82) is 0 Å². The van der Waals surface area contributed by atoms with Crippen LogP contribution >= 0.6 is 0 Å². The van der Waals surface area contributed by atoms with Crippen molar-refractivity contribution < 1.29 is 43.5 Å². The van der Waals surface area contributed by atoms with E-state index in [1.807, 2.05) is 85.8 Å². The van der Waals surface area contributed by atoms with Gasteiger partial charge in [0.1, 0.15) is 24.6 Å². The van der Waals surface area contributed by atoms with Crippen molar-refractivity contribution in [2.75, 3.05) is 11.9 Å². The third-order valence-electron chi connectivity index (χ3n) is 9.05. The topological polar surface area (TPSA) is 158 Å². The van der Waals surface area contributed by atoms with E-state index in [1.165, 1.54) is 6.08 Å². The van der Waals surface area contributed by atoms with E-state index in [-0.39, 0.29) is 13.0 Å². The van der Waals surface area contributed by atoms with E-state index in [0.717, 1.165) is 33.4 Å². The molecule has 260 valence electrons. The van der Waals surface area contributed by atoms with Gasteiger partial charge in [0.2, 0.25) is 6.29 Å².